The summed E-state index contributed by atoms with van der Waals surface area (Å²) in [5.41, 5.74) is 1.42. The normalized spacial score (nSPS) is 31.5. The highest BCUT2D eigenvalue weighted by molar-refractivity contribution is 8.78. The lowest BCUT2D eigenvalue weighted by Gasteiger charge is -1.94. The van der Waals surface area contributed by atoms with Gasteiger partial charge in [-0.05, 0) is 11.6 Å². The van der Waals surface area contributed by atoms with Crippen LogP contribution in [0, 0.1) is 0 Å². The number of hydrogen-bond acceptors (Lipinski definition) is 2. The van der Waals surface area contributed by atoms with E-state index >= 15 is 0 Å². The molecule has 0 amide bonds. The van der Waals surface area contributed by atoms with E-state index in [1.165, 1.54) is 10.5 Å². The molecule has 0 unspecified atom stereocenters. The molecule has 2 heteroatoms. The molecule has 2 aliphatic rings. The SMILES string of the molecule is C1=C\C=C/C=C2/CSS/C2=C/C=C/C=C1. The standard InChI is InChI=1S/C13H12S2/c1-2-4-6-8-10-13-12(11-14-15-13)9-7-5-3-1/h1-10H,11H2/b2-1?,3-1?,4-2?,5-3?,6-4?,7-5-,8-6+,9-7?,10-8?,12-9-,13-10+. The second-order valence-electron chi connectivity index (χ2n) is 3.11. The quantitative estimate of drug-likeness (QED) is 0.567. The minimum atomic E-state index is 1.11. The Morgan fingerprint density at radius 3 is 2.07 bits per heavy atom. The number of rotatable bonds is 0. The Bertz CT molecular complexity index is 355. The van der Waals surface area contributed by atoms with Crippen molar-refractivity contribution in [3.63, 3.8) is 0 Å². The largest absolute Gasteiger partial charge is 0.0841 e. The molecule has 0 spiro atoms. The van der Waals surface area contributed by atoms with Crippen LogP contribution in [0.3, 0.4) is 0 Å². The molecule has 0 bridgehead atoms. The molecule has 1 saturated heterocycles. The highest BCUT2D eigenvalue weighted by atomic mass is 33.1. The minimum Gasteiger partial charge on any atom is -0.0841 e. The van der Waals surface area contributed by atoms with E-state index in [2.05, 4.69) is 36.5 Å². The van der Waals surface area contributed by atoms with Gasteiger partial charge in [0.25, 0.3) is 0 Å². The summed E-state index contributed by atoms with van der Waals surface area (Å²) in [5, 5.41) is 0. The lowest BCUT2D eigenvalue weighted by atomic mass is 10.2. The molecular weight excluding hydrogens is 220 g/mol. The molecule has 2 rings (SSSR count). The summed E-state index contributed by atoms with van der Waals surface area (Å²) in [5.74, 6) is 1.11. The van der Waals surface area contributed by atoms with E-state index in [-0.39, 0.29) is 0 Å². The van der Waals surface area contributed by atoms with E-state index < -0.39 is 0 Å². The van der Waals surface area contributed by atoms with Crippen molar-refractivity contribution in [2.45, 2.75) is 0 Å². The maximum Gasteiger partial charge on any atom is 0.0303 e. The van der Waals surface area contributed by atoms with E-state index in [1.807, 2.05) is 45.9 Å². The fourth-order valence-corrected chi connectivity index (χ4v) is 3.71. The first-order chi connectivity index (χ1) is 7.47. The fourth-order valence-electron chi connectivity index (χ4n) is 1.25. The van der Waals surface area contributed by atoms with Crippen molar-refractivity contribution in [1.29, 1.82) is 0 Å². The highest BCUT2D eigenvalue weighted by Gasteiger charge is 2.13. The van der Waals surface area contributed by atoms with Crippen molar-refractivity contribution >= 4 is 21.6 Å². The number of allylic oxidation sites excluding steroid dienone is 11. The lowest BCUT2D eigenvalue weighted by molar-refractivity contribution is 1.53. The monoisotopic (exact) mass is 232 g/mol. The predicted octanol–water partition coefficient (Wildman–Crippen LogP) is 4.43. The maximum absolute atomic E-state index is 2.20. The minimum absolute atomic E-state index is 1.11. The van der Waals surface area contributed by atoms with Crippen LogP contribution in [0.25, 0.3) is 0 Å². The maximum atomic E-state index is 2.20. The van der Waals surface area contributed by atoms with Gasteiger partial charge in [0.2, 0.25) is 0 Å². The molecule has 0 saturated carbocycles. The van der Waals surface area contributed by atoms with Crippen LogP contribution in [0.15, 0.2) is 71.2 Å². The average Bonchev–Trinajstić information content (AvgIpc) is 2.65. The van der Waals surface area contributed by atoms with Crippen molar-refractivity contribution in [1.82, 2.24) is 0 Å². The molecule has 0 aromatic carbocycles. The molecule has 0 atom stereocenters. The number of hydrogen-bond donors (Lipinski definition) is 0. The zero-order valence-electron chi connectivity index (χ0n) is 8.30. The van der Waals surface area contributed by atoms with E-state index in [1.54, 1.807) is 0 Å². The summed E-state index contributed by atoms with van der Waals surface area (Å²) in [6, 6.07) is 0. The van der Waals surface area contributed by atoms with E-state index in [0.29, 0.717) is 0 Å². The van der Waals surface area contributed by atoms with E-state index in [0.717, 1.165) is 5.75 Å². The van der Waals surface area contributed by atoms with Gasteiger partial charge < -0.3 is 0 Å². The molecule has 76 valence electrons. The van der Waals surface area contributed by atoms with Gasteiger partial charge in [-0.3, -0.25) is 0 Å². The molecule has 0 N–H and O–H groups in total. The Labute approximate surface area is 98.6 Å². The Hall–Kier alpha value is -0.860. The smallest absolute Gasteiger partial charge is 0.0303 e. The Kier molecular flexibility index (Phi) is 4.18. The number of fused-ring (bicyclic) bond motifs is 1. The Morgan fingerprint density at radius 1 is 0.733 bits per heavy atom. The average molecular weight is 232 g/mol. The van der Waals surface area contributed by atoms with Gasteiger partial charge in [0.1, 0.15) is 0 Å². The van der Waals surface area contributed by atoms with Crippen LogP contribution < -0.4 is 0 Å². The second kappa shape index (κ2) is 5.89. The summed E-state index contributed by atoms with van der Waals surface area (Å²) >= 11 is 0. The molecule has 0 aromatic rings. The molecule has 1 aliphatic heterocycles. The fraction of sp³-hybridized carbons (Fsp3) is 0.0769. The van der Waals surface area contributed by atoms with Crippen LogP contribution in [-0.2, 0) is 0 Å². The lowest BCUT2D eigenvalue weighted by Crippen LogP contribution is -1.79. The summed E-state index contributed by atoms with van der Waals surface area (Å²) in [7, 11) is 3.76. The third-order valence-corrected chi connectivity index (χ3v) is 4.37. The Balaban J connectivity index is 2.27. The van der Waals surface area contributed by atoms with Gasteiger partial charge in [-0.15, -0.1) is 0 Å². The third-order valence-electron chi connectivity index (χ3n) is 2.00. The van der Waals surface area contributed by atoms with Crippen LogP contribution in [0.5, 0.6) is 0 Å². The first-order valence-electron chi connectivity index (χ1n) is 4.84. The van der Waals surface area contributed by atoms with E-state index in [9.17, 15) is 0 Å². The van der Waals surface area contributed by atoms with Crippen molar-refractivity contribution < 1.29 is 0 Å². The van der Waals surface area contributed by atoms with Gasteiger partial charge in [0, 0.05) is 10.7 Å². The van der Waals surface area contributed by atoms with Gasteiger partial charge in [-0.1, -0.05) is 76.3 Å². The van der Waals surface area contributed by atoms with Crippen LogP contribution >= 0.6 is 21.6 Å². The van der Waals surface area contributed by atoms with Gasteiger partial charge >= 0.3 is 0 Å². The molecule has 0 radical (unpaired) electrons. The molecule has 1 heterocycles. The zero-order valence-corrected chi connectivity index (χ0v) is 9.93. The van der Waals surface area contributed by atoms with Crippen LogP contribution in [0.4, 0.5) is 0 Å². The molecule has 0 nitrogen and oxygen atoms in total. The van der Waals surface area contributed by atoms with Crippen LogP contribution in [-0.4, -0.2) is 5.75 Å². The molecule has 1 aliphatic carbocycles. The second-order valence-corrected chi connectivity index (χ2v) is 5.45. The van der Waals surface area contributed by atoms with Crippen molar-refractivity contribution in [2.24, 2.45) is 0 Å². The van der Waals surface area contributed by atoms with Gasteiger partial charge in [-0.2, -0.15) is 0 Å². The zero-order chi connectivity index (χ0) is 10.3. The van der Waals surface area contributed by atoms with Crippen LogP contribution in [0.1, 0.15) is 0 Å². The predicted molar refractivity (Wildman–Crippen MR) is 72.8 cm³/mol. The Morgan fingerprint density at radius 2 is 1.33 bits per heavy atom. The topological polar surface area (TPSA) is 0 Å². The van der Waals surface area contributed by atoms with Gasteiger partial charge in [-0.25, -0.2) is 0 Å². The summed E-state index contributed by atoms with van der Waals surface area (Å²) in [4.78, 5) is 1.37. The van der Waals surface area contributed by atoms with Crippen molar-refractivity contribution in [3.8, 4) is 0 Å². The third kappa shape index (κ3) is 3.33. The molecular formula is C13H12S2. The summed E-state index contributed by atoms with van der Waals surface area (Å²) < 4.78 is 0. The first-order valence-corrected chi connectivity index (χ1v) is 7.16. The van der Waals surface area contributed by atoms with E-state index in [4.69, 9.17) is 0 Å². The molecule has 0 aromatic heterocycles. The summed E-state index contributed by atoms with van der Waals surface area (Å²) in [6.45, 7) is 0. The highest BCUT2D eigenvalue weighted by Crippen LogP contribution is 2.44. The van der Waals surface area contributed by atoms with Crippen molar-refractivity contribution in [3.05, 3.63) is 71.2 Å². The van der Waals surface area contributed by atoms with Crippen molar-refractivity contribution in [2.75, 3.05) is 5.75 Å². The van der Waals surface area contributed by atoms with Gasteiger partial charge in [0.15, 0.2) is 0 Å². The molecule has 1 fully saturated rings. The van der Waals surface area contributed by atoms with Gasteiger partial charge in [0.05, 0.1) is 0 Å². The molecule has 15 heavy (non-hydrogen) atoms. The van der Waals surface area contributed by atoms with Crippen LogP contribution in [0.2, 0.25) is 0 Å². The first kappa shape index (κ1) is 10.7. The summed E-state index contributed by atoms with van der Waals surface area (Å²) in [6.07, 6.45) is 20.8.